The van der Waals surface area contributed by atoms with Gasteiger partial charge >= 0.3 is 0 Å². The van der Waals surface area contributed by atoms with Crippen LogP contribution in [0.4, 0.5) is 0 Å². The number of likely N-dealkylation sites (tertiary alicyclic amines) is 1. The molecule has 74 valence electrons. The Labute approximate surface area is 81.7 Å². The molecule has 1 aliphatic rings. The standard InChI is InChI=1S/C11H20N2/c1-4-6-12-7-9-13-8-5-11(2,3)10-13/h1,12H,5-10H2,2-3H3. The lowest BCUT2D eigenvalue weighted by atomic mass is 9.93. The van der Waals surface area contributed by atoms with Gasteiger partial charge in [0.1, 0.15) is 0 Å². The van der Waals surface area contributed by atoms with E-state index < -0.39 is 0 Å². The van der Waals surface area contributed by atoms with Crippen LogP contribution in [0.15, 0.2) is 0 Å². The van der Waals surface area contributed by atoms with E-state index in [2.05, 4.69) is 30.0 Å². The summed E-state index contributed by atoms with van der Waals surface area (Å²) < 4.78 is 0. The lowest BCUT2D eigenvalue weighted by Gasteiger charge is -2.19. The van der Waals surface area contributed by atoms with Gasteiger partial charge in [0.05, 0.1) is 6.54 Å². The van der Waals surface area contributed by atoms with Crippen LogP contribution in [-0.2, 0) is 0 Å². The third-order valence-electron chi connectivity index (χ3n) is 2.59. The molecule has 1 heterocycles. The summed E-state index contributed by atoms with van der Waals surface area (Å²) in [5, 5.41) is 3.21. The highest BCUT2D eigenvalue weighted by molar-refractivity contribution is 4.87. The first-order chi connectivity index (χ1) is 6.14. The molecule has 0 aromatic rings. The van der Waals surface area contributed by atoms with Crippen molar-refractivity contribution in [1.82, 2.24) is 10.2 Å². The van der Waals surface area contributed by atoms with E-state index in [9.17, 15) is 0 Å². The van der Waals surface area contributed by atoms with Crippen LogP contribution in [0.1, 0.15) is 20.3 Å². The molecule has 0 aromatic carbocycles. The fourth-order valence-electron chi connectivity index (χ4n) is 1.81. The van der Waals surface area contributed by atoms with Crippen LogP contribution in [-0.4, -0.2) is 37.6 Å². The Morgan fingerprint density at radius 3 is 2.85 bits per heavy atom. The van der Waals surface area contributed by atoms with E-state index in [0.717, 1.165) is 13.1 Å². The van der Waals surface area contributed by atoms with E-state index in [-0.39, 0.29) is 0 Å². The zero-order valence-electron chi connectivity index (χ0n) is 8.77. The monoisotopic (exact) mass is 180 g/mol. The molecule has 1 N–H and O–H groups in total. The second-order valence-corrected chi connectivity index (χ2v) is 4.57. The molecule has 2 nitrogen and oxygen atoms in total. The van der Waals surface area contributed by atoms with Crippen LogP contribution in [0.2, 0.25) is 0 Å². The maximum atomic E-state index is 5.14. The molecule has 0 amide bonds. The first-order valence-corrected chi connectivity index (χ1v) is 5.01. The lowest BCUT2D eigenvalue weighted by Crippen LogP contribution is -2.31. The molecule has 0 unspecified atom stereocenters. The number of hydrogen-bond acceptors (Lipinski definition) is 2. The number of nitrogens with zero attached hydrogens (tertiary/aromatic N) is 1. The average molecular weight is 180 g/mol. The second-order valence-electron chi connectivity index (χ2n) is 4.57. The van der Waals surface area contributed by atoms with Gasteiger partial charge in [-0.05, 0) is 18.4 Å². The van der Waals surface area contributed by atoms with Crippen molar-refractivity contribution in [2.75, 3.05) is 32.7 Å². The van der Waals surface area contributed by atoms with Gasteiger partial charge in [-0.25, -0.2) is 0 Å². The van der Waals surface area contributed by atoms with Gasteiger partial charge in [-0.1, -0.05) is 19.8 Å². The van der Waals surface area contributed by atoms with Crippen LogP contribution in [0.5, 0.6) is 0 Å². The van der Waals surface area contributed by atoms with Crippen molar-refractivity contribution in [3.05, 3.63) is 0 Å². The van der Waals surface area contributed by atoms with Crippen molar-refractivity contribution in [2.24, 2.45) is 5.41 Å². The van der Waals surface area contributed by atoms with E-state index in [4.69, 9.17) is 6.42 Å². The summed E-state index contributed by atoms with van der Waals surface area (Å²) in [7, 11) is 0. The van der Waals surface area contributed by atoms with Gasteiger partial charge in [0.15, 0.2) is 0 Å². The highest BCUT2D eigenvalue weighted by Gasteiger charge is 2.28. The van der Waals surface area contributed by atoms with Gasteiger partial charge < -0.3 is 10.2 Å². The quantitative estimate of drug-likeness (QED) is 0.512. The maximum Gasteiger partial charge on any atom is 0.0574 e. The first-order valence-electron chi connectivity index (χ1n) is 5.01. The largest absolute Gasteiger partial charge is 0.305 e. The van der Waals surface area contributed by atoms with Crippen molar-refractivity contribution in [3.8, 4) is 12.3 Å². The summed E-state index contributed by atoms with van der Waals surface area (Å²) >= 11 is 0. The fourth-order valence-corrected chi connectivity index (χ4v) is 1.81. The van der Waals surface area contributed by atoms with Crippen LogP contribution >= 0.6 is 0 Å². The molecule has 0 bridgehead atoms. The minimum atomic E-state index is 0.520. The summed E-state index contributed by atoms with van der Waals surface area (Å²) in [5.74, 6) is 2.58. The van der Waals surface area contributed by atoms with E-state index in [1.165, 1.54) is 19.5 Å². The minimum Gasteiger partial charge on any atom is -0.305 e. The van der Waals surface area contributed by atoms with Crippen LogP contribution in [0.25, 0.3) is 0 Å². The summed E-state index contributed by atoms with van der Waals surface area (Å²) in [6, 6.07) is 0. The molecular formula is C11H20N2. The summed E-state index contributed by atoms with van der Waals surface area (Å²) in [4.78, 5) is 2.50. The highest BCUT2D eigenvalue weighted by Crippen LogP contribution is 2.27. The Kier molecular flexibility index (Phi) is 3.77. The normalized spacial score (nSPS) is 21.6. The topological polar surface area (TPSA) is 15.3 Å². The summed E-state index contributed by atoms with van der Waals surface area (Å²) in [6.07, 6.45) is 6.46. The second kappa shape index (κ2) is 4.64. The molecule has 0 saturated carbocycles. The number of terminal acetylenes is 1. The zero-order valence-corrected chi connectivity index (χ0v) is 8.77. The molecule has 0 aliphatic carbocycles. The van der Waals surface area contributed by atoms with E-state index in [1.807, 2.05) is 0 Å². The molecule has 0 aromatic heterocycles. The molecule has 1 saturated heterocycles. The van der Waals surface area contributed by atoms with E-state index >= 15 is 0 Å². The third kappa shape index (κ3) is 3.80. The van der Waals surface area contributed by atoms with Crippen molar-refractivity contribution < 1.29 is 0 Å². The van der Waals surface area contributed by atoms with Gasteiger partial charge in [-0.3, -0.25) is 0 Å². The van der Waals surface area contributed by atoms with Crippen molar-refractivity contribution in [2.45, 2.75) is 20.3 Å². The van der Waals surface area contributed by atoms with E-state index in [1.54, 1.807) is 0 Å². The third-order valence-corrected chi connectivity index (χ3v) is 2.59. The Hall–Kier alpha value is -0.520. The molecule has 13 heavy (non-hydrogen) atoms. The lowest BCUT2D eigenvalue weighted by molar-refractivity contribution is 0.291. The minimum absolute atomic E-state index is 0.520. The highest BCUT2D eigenvalue weighted by atomic mass is 15.2. The Morgan fingerprint density at radius 2 is 2.31 bits per heavy atom. The number of hydrogen-bond donors (Lipinski definition) is 1. The number of nitrogens with one attached hydrogen (secondary N) is 1. The smallest absolute Gasteiger partial charge is 0.0574 e. The summed E-state index contributed by atoms with van der Waals surface area (Å²) in [6.45, 7) is 9.97. The average Bonchev–Trinajstić information content (AvgIpc) is 2.40. The SMILES string of the molecule is C#CCNCCN1CCC(C)(C)C1. The Morgan fingerprint density at radius 1 is 1.54 bits per heavy atom. The summed E-state index contributed by atoms with van der Waals surface area (Å²) in [5.41, 5.74) is 0.520. The Balaban J connectivity index is 2.08. The van der Waals surface area contributed by atoms with Gasteiger partial charge in [0, 0.05) is 19.6 Å². The molecule has 1 rings (SSSR count). The van der Waals surface area contributed by atoms with Crippen molar-refractivity contribution in [1.29, 1.82) is 0 Å². The molecule has 0 atom stereocenters. The fraction of sp³-hybridized carbons (Fsp3) is 0.818. The van der Waals surface area contributed by atoms with E-state index in [0.29, 0.717) is 12.0 Å². The molecule has 1 fully saturated rings. The van der Waals surface area contributed by atoms with Crippen LogP contribution < -0.4 is 5.32 Å². The molecule has 2 heteroatoms. The predicted octanol–water partition coefficient (Wildman–Crippen LogP) is 0.941. The first kappa shape index (κ1) is 10.6. The zero-order chi connectivity index (χ0) is 9.73. The van der Waals surface area contributed by atoms with Gasteiger partial charge in [-0.15, -0.1) is 6.42 Å². The molecule has 0 spiro atoms. The van der Waals surface area contributed by atoms with Gasteiger partial charge in [0.2, 0.25) is 0 Å². The van der Waals surface area contributed by atoms with Crippen molar-refractivity contribution in [3.63, 3.8) is 0 Å². The van der Waals surface area contributed by atoms with Crippen LogP contribution in [0, 0.1) is 17.8 Å². The van der Waals surface area contributed by atoms with Crippen LogP contribution in [0.3, 0.4) is 0 Å². The maximum absolute atomic E-state index is 5.14. The van der Waals surface area contributed by atoms with Gasteiger partial charge in [-0.2, -0.15) is 0 Å². The van der Waals surface area contributed by atoms with Gasteiger partial charge in [0.25, 0.3) is 0 Å². The Bertz CT molecular complexity index is 191. The number of rotatable bonds is 4. The van der Waals surface area contributed by atoms with Crippen molar-refractivity contribution >= 4 is 0 Å². The molecule has 1 aliphatic heterocycles. The molecule has 0 radical (unpaired) electrons. The molecular weight excluding hydrogens is 160 g/mol. The predicted molar refractivity (Wildman–Crippen MR) is 56.5 cm³/mol.